The maximum absolute atomic E-state index is 12.5. The first-order chi connectivity index (χ1) is 15.9. The second-order valence-electron chi connectivity index (χ2n) is 8.78. The van der Waals surface area contributed by atoms with E-state index >= 15 is 0 Å². The highest BCUT2D eigenvalue weighted by atomic mass is 16.6. The fourth-order valence-electron chi connectivity index (χ4n) is 4.44. The van der Waals surface area contributed by atoms with E-state index in [0.717, 1.165) is 16.9 Å². The molecule has 9 heteroatoms. The molecule has 2 aromatic rings. The molecule has 1 fully saturated rings. The van der Waals surface area contributed by atoms with Crippen LogP contribution >= 0.6 is 0 Å². The zero-order chi connectivity index (χ0) is 23.4. The van der Waals surface area contributed by atoms with Gasteiger partial charge in [-0.2, -0.15) is 0 Å². The first-order valence-corrected chi connectivity index (χ1v) is 11.1. The lowest BCUT2D eigenvalue weighted by Crippen LogP contribution is -2.47. The highest BCUT2D eigenvalue weighted by molar-refractivity contribution is 5.92. The highest BCUT2D eigenvalue weighted by Gasteiger charge is 2.46. The van der Waals surface area contributed by atoms with Gasteiger partial charge in [-0.25, -0.2) is 0 Å². The van der Waals surface area contributed by atoms with Crippen LogP contribution in [0.4, 0.5) is 5.69 Å². The van der Waals surface area contributed by atoms with E-state index in [9.17, 15) is 14.7 Å². The molecule has 2 aliphatic heterocycles. The first-order valence-electron chi connectivity index (χ1n) is 11.1. The lowest BCUT2D eigenvalue weighted by atomic mass is 9.84. The SMILES string of the molecule is CN(C)CC(=O)Nc1ccc2c(c1)[C@@H]1C[C@H](CC(=O)NCc3cccnc3)O[C@@H](CO)[C@@H]1O2. The quantitative estimate of drug-likeness (QED) is 0.551. The van der Waals surface area contributed by atoms with Crippen molar-refractivity contribution >= 4 is 17.5 Å². The molecule has 1 aromatic carbocycles. The summed E-state index contributed by atoms with van der Waals surface area (Å²) in [5, 5.41) is 15.7. The van der Waals surface area contributed by atoms with Crippen molar-refractivity contribution < 1.29 is 24.2 Å². The van der Waals surface area contributed by atoms with Crippen LogP contribution in [-0.2, 0) is 20.9 Å². The summed E-state index contributed by atoms with van der Waals surface area (Å²) in [5.74, 6) is 0.466. The monoisotopic (exact) mass is 454 g/mol. The molecule has 1 saturated heterocycles. The number of rotatable bonds is 8. The number of anilines is 1. The maximum atomic E-state index is 12.5. The Bertz CT molecular complexity index is 984. The fourth-order valence-corrected chi connectivity index (χ4v) is 4.44. The Balaban J connectivity index is 1.42. The molecule has 0 radical (unpaired) electrons. The van der Waals surface area contributed by atoms with E-state index in [1.807, 2.05) is 44.4 Å². The van der Waals surface area contributed by atoms with Crippen LogP contribution in [0.25, 0.3) is 0 Å². The predicted octanol–water partition coefficient (Wildman–Crippen LogP) is 1.28. The minimum atomic E-state index is -0.529. The Kier molecular flexibility index (Phi) is 7.22. The Labute approximate surface area is 193 Å². The molecular formula is C24H30N4O5. The summed E-state index contributed by atoms with van der Waals surface area (Å²) in [7, 11) is 3.68. The van der Waals surface area contributed by atoms with Crippen LogP contribution in [0.3, 0.4) is 0 Å². The predicted molar refractivity (Wildman–Crippen MR) is 122 cm³/mol. The number of benzene rings is 1. The summed E-state index contributed by atoms with van der Waals surface area (Å²) in [6.07, 6.45) is 2.97. The number of nitrogens with zero attached hydrogens (tertiary/aromatic N) is 2. The molecular weight excluding hydrogens is 424 g/mol. The Hall–Kier alpha value is -3.01. The van der Waals surface area contributed by atoms with E-state index in [-0.39, 0.29) is 49.5 Å². The molecule has 3 N–H and O–H groups in total. The minimum absolute atomic E-state index is 0.0345. The molecule has 0 saturated carbocycles. The van der Waals surface area contributed by atoms with E-state index in [0.29, 0.717) is 18.7 Å². The summed E-state index contributed by atoms with van der Waals surface area (Å²) in [6.45, 7) is 0.489. The van der Waals surface area contributed by atoms with Crippen molar-refractivity contribution in [1.29, 1.82) is 0 Å². The molecule has 0 unspecified atom stereocenters. The minimum Gasteiger partial charge on any atom is -0.487 e. The van der Waals surface area contributed by atoms with Gasteiger partial charge < -0.3 is 30.1 Å². The van der Waals surface area contributed by atoms with Gasteiger partial charge in [-0.05, 0) is 50.3 Å². The van der Waals surface area contributed by atoms with Gasteiger partial charge in [0.25, 0.3) is 0 Å². The van der Waals surface area contributed by atoms with Crippen LogP contribution in [0.1, 0.15) is 29.9 Å². The Morgan fingerprint density at radius 3 is 2.82 bits per heavy atom. The average Bonchev–Trinajstić information content (AvgIpc) is 3.15. The molecule has 2 amide bonds. The molecule has 4 atom stereocenters. The molecule has 9 nitrogen and oxygen atoms in total. The van der Waals surface area contributed by atoms with Crippen LogP contribution in [0, 0.1) is 0 Å². The molecule has 3 heterocycles. The molecule has 4 rings (SSSR count). The zero-order valence-corrected chi connectivity index (χ0v) is 18.9. The number of amides is 2. The second-order valence-corrected chi connectivity index (χ2v) is 8.78. The summed E-state index contributed by atoms with van der Waals surface area (Å²) >= 11 is 0. The van der Waals surface area contributed by atoms with Crippen LogP contribution < -0.4 is 15.4 Å². The maximum Gasteiger partial charge on any atom is 0.238 e. The van der Waals surface area contributed by atoms with E-state index in [2.05, 4.69) is 15.6 Å². The number of pyridine rings is 1. The first kappa shape index (κ1) is 23.2. The van der Waals surface area contributed by atoms with E-state index in [4.69, 9.17) is 9.47 Å². The van der Waals surface area contributed by atoms with E-state index < -0.39 is 6.10 Å². The number of fused-ring (bicyclic) bond motifs is 3. The van der Waals surface area contributed by atoms with Crippen molar-refractivity contribution in [2.75, 3.05) is 32.6 Å². The van der Waals surface area contributed by atoms with Crippen molar-refractivity contribution in [3.05, 3.63) is 53.9 Å². The Morgan fingerprint density at radius 1 is 1.24 bits per heavy atom. The lowest BCUT2D eigenvalue weighted by Gasteiger charge is -2.37. The number of hydrogen-bond donors (Lipinski definition) is 3. The second kappa shape index (κ2) is 10.3. The molecule has 2 aliphatic rings. The number of aromatic nitrogens is 1. The molecule has 176 valence electrons. The van der Waals surface area contributed by atoms with Crippen LogP contribution in [0.2, 0.25) is 0 Å². The van der Waals surface area contributed by atoms with Crippen molar-refractivity contribution in [3.63, 3.8) is 0 Å². The third kappa shape index (κ3) is 5.68. The van der Waals surface area contributed by atoms with Gasteiger partial charge in [0.05, 0.1) is 25.7 Å². The summed E-state index contributed by atoms with van der Waals surface area (Å²) < 4.78 is 12.1. The number of carbonyl (C=O) groups is 2. The van der Waals surface area contributed by atoms with Crippen molar-refractivity contribution in [2.45, 2.75) is 43.6 Å². The smallest absolute Gasteiger partial charge is 0.238 e. The topological polar surface area (TPSA) is 113 Å². The number of nitrogens with one attached hydrogen (secondary N) is 2. The van der Waals surface area contributed by atoms with Gasteiger partial charge in [-0.3, -0.25) is 14.6 Å². The number of ether oxygens (including phenoxy) is 2. The van der Waals surface area contributed by atoms with Gasteiger partial charge in [-0.15, -0.1) is 0 Å². The van der Waals surface area contributed by atoms with Crippen LogP contribution in [-0.4, -0.2) is 72.4 Å². The lowest BCUT2D eigenvalue weighted by molar-refractivity contribution is -0.142. The van der Waals surface area contributed by atoms with Gasteiger partial charge in [0.2, 0.25) is 11.8 Å². The molecule has 1 aromatic heterocycles. The number of aliphatic hydroxyl groups is 1. The number of hydrogen-bond acceptors (Lipinski definition) is 7. The highest BCUT2D eigenvalue weighted by Crippen LogP contribution is 2.47. The van der Waals surface area contributed by atoms with Gasteiger partial charge in [0, 0.05) is 36.1 Å². The fraction of sp³-hybridized carbons (Fsp3) is 0.458. The van der Waals surface area contributed by atoms with Gasteiger partial charge in [0.1, 0.15) is 18.0 Å². The number of aliphatic hydroxyl groups excluding tert-OH is 1. The molecule has 0 spiro atoms. The zero-order valence-electron chi connectivity index (χ0n) is 18.9. The molecule has 0 aliphatic carbocycles. The van der Waals surface area contributed by atoms with Crippen molar-refractivity contribution in [3.8, 4) is 5.75 Å². The van der Waals surface area contributed by atoms with Crippen LogP contribution in [0.15, 0.2) is 42.7 Å². The van der Waals surface area contributed by atoms with Crippen molar-refractivity contribution in [1.82, 2.24) is 15.2 Å². The van der Waals surface area contributed by atoms with Gasteiger partial charge in [-0.1, -0.05) is 6.07 Å². The molecule has 0 bridgehead atoms. The third-order valence-corrected chi connectivity index (χ3v) is 5.87. The van der Waals surface area contributed by atoms with Gasteiger partial charge in [0.15, 0.2) is 0 Å². The largest absolute Gasteiger partial charge is 0.487 e. The van der Waals surface area contributed by atoms with Crippen molar-refractivity contribution in [2.24, 2.45) is 0 Å². The summed E-state index contributed by atoms with van der Waals surface area (Å²) in [5.41, 5.74) is 2.58. The summed E-state index contributed by atoms with van der Waals surface area (Å²) in [6, 6.07) is 9.29. The Morgan fingerprint density at radius 2 is 2.09 bits per heavy atom. The van der Waals surface area contributed by atoms with E-state index in [1.165, 1.54) is 0 Å². The van der Waals surface area contributed by atoms with Gasteiger partial charge >= 0.3 is 0 Å². The van der Waals surface area contributed by atoms with Crippen LogP contribution in [0.5, 0.6) is 5.75 Å². The standard InChI is InChI=1S/C24H30N4O5/c1-28(2)13-23(31)27-16-5-6-20-18(8-16)19-9-17(32-21(14-29)24(19)33-20)10-22(30)26-12-15-4-3-7-25-11-15/h3-8,11,17,19,21,24,29H,9-10,12-14H2,1-2H3,(H,26,30)(H,27,31)/t17-,19+,21+,24-/m1/s1. The normalized spacial score (nSPS) is 23.4. The van der Waals surface area contributed by atoms with E-state index in [1.54, 1.807) is 17.3 Å². The third-order valence-electron chi connectivity index (χ3n) is 5.87. The summed E-state index contributed by atoms with van der Waals surface area (Å²) in [4.78, 5) is 30.5. The average molecular weight is 455 g/mol. The number of carbonyl (C=O) groups excluding carboxylic acids is 2. The molecule has 33 heavy (non-hydrogen) atoms. The number of likely N-dealkylation sites (N-methyl/N-ethyl adjacent to an activating group) is 1.